The van der Waals surface area contributed by atoms with Crippen molar-refractivity contribution in [1.29, 1.82) is 0 Å². The number of rotatable bonds is 6. The van der Waals surface area contributed by atoms with Crippen LogP contribution in [0, 0.1) is 5.82 Å². The van der Waals surface area contributed by atoms with E-state index < -0.39 is 20.8 Å². The quantitative estimate of drug-likeness (QED) is 0.649. The molecule has 1 amide bonds. The van der Waals surface area contributed by atoms with Gasteiger partial charge in [-0.2, -0.15) is 0 Å². The Balaban J connectivity index is 2.84. The van der Waals surface area contributed by atoms with Gasteiger partial charge in [-0.3, -0.25) is 4.79 Å². The average Bonchev–Trinajstić information content (AvgIpc) is 2.33. The molecule has 0 saturated heterocycles. The molecule has 1 aromatic rings. The second-order valence-corrected chi connectivity index (χ2v) is 6.61. The van der Waals surface area contributed by atoms with Gasteiger partial charge in [0.25, 0.3) is 15.0 Å². The summed E-state index contributed by atoms with van der Waals surface area (Å²) in [6, 6.07) is 2.87. The minimum absolute atomic E-state index is 0.297. The Kier molecular flexibility index (Phi) is 5.75. The van der Waals surface area contributed by atoms with Crippen LogP contribution in [-0.4, -0.2) is 20.9 Å². The molecule has 0 aliphatic rings. The van der Waals surface area contributed by atoms with E-state index in [1.54, 1.807) is 0 Å². The standard InChI is InChI=1S/C12H15ClFNO3S/c1-2-3-4-7-15-12(16)10-8-9(19(13,17)18)5-6-11(10)14/h5-6,8H,2-4,7H2,1H3,(H,15,16). The summed E-state index contributed by atoms with van der Waals surface area (Å²) in [6.07, 6.45) is 2.75. The van der Waals surface area contributed by atoms with Crippen molar-refractivity contribution in [3.8, 4) is 0 Å². The average molecular weight is 308 g/mol. The normalized spacial score (nSPS) is 11.3. The first kappa shape index (κ1) is 15.9. The lowest BCUT2D eigenvalue weighted by Gasteiger charge is -2.06. The topological polar surface area (TPSA) is 63.2 Å². The molecule has 0 radical (unpaired) electrons. The van der Waals surface area contributed by atoms with Crippen molar-refractivity contribution in [2.45, 2.75) is 31.1 Å². The van der Waals surface area contributed by atoms with Gasteiger partial charge in [-0.1, -0.05) is 19.8 Å². The van der Waals surface area contributed by atoms with E-state index in [2.05, 4.69) is 5.32 Å². The molecule has 7 heteroatoms. The van der Waals surface area contributed by atoms with Crippen molar-refractivity contribution >= 4 is 25.6 Å². The number of carbonyl (C=O) groups is 1. The van der Waals surface area contributed by atoms with Crippen LogP contribution in [0.1, 0.15) is 36.5 Å². The van der Waals surface area contributed by atoms with Crippen molar-refractivity contribution in [1.82, 2.24) is 5.32 Å². The third kappa shape index (κ3) is 4.80. The molecule has 0 fully saturated rings. The second-order valence-electron chi connectivity index (χ2n) is 4.04. The SMILES string of the molecule is CCCCCNC(=O)c1cc(S(=O)(=O)Cl)ccc1F. The predicted molar refractivity (Wildman–Crippen MR) is 71.3 cm³/mol. The van der Waals surface area contributed by atoms with Crippen LogP contribution in [0.4, 0.5) is 4.39 Å². The van der Waals surface area contributed by atoms with Crippen LogP contribution in [0.15, 0.2) is 23.1 Å². The zero-order valence-corrected chi connectivity index (χ0v) is 12.0. The number of nitrogens with one attached hydrogen (secondary N) is 1. The molecule has 0 bridgehead atoms. The fraction of sp³-hybridized carbons (Fsp3) is 0.417. The van der Waals surface area contributed by atoms with E-state index in [-0.39, 0.29) is 10.5 Å². The lowest BCUT2D eigenvalue weighted by atomic mass is 10.2. The van der Waals surface area contributed by atoms with Crippen LogP contribution >= 0.6 is 10.7 Å². The number of hydrogen-bond acceptors (Lipinski definition) is 3. The number of carbonyl (C=O) groups excluding carboxylic acids is 1. The van der Waals surface area contributed by atoms with E-state index in [1.165, 1.54) is 0 Å². The van der Waals surface area contributed by atoms with Crippen LogP contribution in [0.25, 0.3) is 0 Å². The summed E-state index contributed by atoms with van der Waals surface area (Å²) in [5, 5.41) is 2.54. The van der Waals surface area contributed by atoms with Crippen molar-refractivity contribution in [2.75, 3.05) is 6.54 Å². The lowest BCUT2D eigenvalue weighted by molar-refractivity contribution is 0.0948. The molecule has 0 atom stereocenters. The number of amides is 1. The van der Waals surface area contributed by atoms with Crippen LogP contribution in [0.2, 0.25) is 0 Å². The van der Waals surface area contributed by atoms with Crippen molar-refractivity contribution in [3.63, 3.8) is 0 Å². The monoisotopic (exact) mass is 307 g/mol. The molecule has 1 rings (SSSR count). The molecule has 0 unspecified atom stereocenters. The minimum Gasteiger partial charge on any atom is -0.352 e. The summed E-state index contributed by atoms with van der Waals surface area (Å²) in [5.74, 6) is -1.42. The van der Waals surface area contributed by atoms with Gasteiger partial charge in [0, 0.05) is 17.2 Å². The first-order chi connectivity index (χ1) is 8.86. The van der Waals surface area contributed by atoms with Crippen LogP contribution in [0.5, 0.6) is 0 Å². The molecule has 1 N–H and O–H groups in total. The summed E-state index contributed by atoms with van der Waals surface area (Å²) in [6.45, 7) is 2.44. The first-order valence-electron chi connectivity index (χ1n) is 5.88. The van der Waals surface area contributed by atoms with Gasteiger partial charge in [0.2, 0.25) is 0 Å². The molecule has 106 valence electrons. The maximum absolute atomic E-state index is 13.5. The largest absolute Gasteiger partial charge is 0.352 e. The molecule has 0 saturated carbocycles. The summed E-state index contributed by atoms with van der Waals surface area (Å²) in [4.78, 5) is 11.4. The highest BCUT2D eigenvalue weighted by atomic mass is 35.7. The summed E-state index contributed by atoms with van der Waals surface area (Å²) >= 11 is 0. The van der Waals surface area contributed by atoms with Gasteiger partial charge in [0.1, 0.15) is 5.82 Å². The Labute approximate surface area is 116 Å². The van der Waals surface area contributed by atoms with Gasteiger partial charge in [0.15, 0.2) is 0 Å². The number of halogens is 2. The Hall–Kier alpha value is -1.14. The van der Waals surface area contributed by atoms with Crippen LogP contribution in [-0.2, 0) is 9.05 Å². The van der Waals surface area contributed by atoms with Crippen molar-refractivity contribution in [2.24, 2.45) is 0 Å². The smallest absolute Gasteiger partial charge is 0.261 e. The number of unbranched alkanes of at least 4 members (excludes halogenated alkanes) is 2. The van der Waals surface area contributed by atoms with Gasteiger partial charge in [-0.05, 0) is 24.6 Å². The number of hydrogen-bond donors (Lipinski definition) is 1. The zero-order valence-electron chi connectivity index (χ0n) is 10.4. The summed E-state index contributed by atoms with van der Waals surface area (Å²) < 4.78 is 35.7. The van der Waals surface area contributed by atoms with Gasteiger partial charge in [0.05, 0.1) is 10.5 Å². The highest BCUT2D eigenvalue weighted by Crippen LogP contribution is 2.18. The van der Waals surface area contributed by atoms with Crippen LogP contribution < -0.4 is 5.32 Å². The Morgan fingerprint density at radius 1 is 1.37 bits per heavy atom. The maximum Gasteiger partial charge on any atom is 0.261 e. The Bertz CT molecular complexity index is 560. The fourth-order valence-electron chi connectivity index (χ4n) is 1.50. The molecule has 0 aromatic heterocycles. The summed E-state index contributed by atoms with van der Waals surface area (Å²) in [5.41, 5.74) is -0.321. The third-order valence-electron chi connectivity index (χ3n) is 2.53. The molecule has 0 heterocycles. The molecule has 1 aromatic carbocycles. The van der Waals surface area contributed by atoms with Gasteiger partial charge < -0.3 is 5.32 Å². The van der Waals surface area contributed by atoms with Crippen molar-refractivity contribution < 1.29 is 17.6 Å². The summed E-state index contributed by atoms with van der Waals surface area (Å²) in [7, 11) is 1.17. The molecule has 19 heavy (non-hydrogen) atoms. The molecule has 0 aliphatic heterocycles. The van der Waals surface area contributed by atoms with E-state index in [0.29, 0.717) is 6.54 Å². The zero-order chi connectivity index (χ0) is 14.5. The van der Waals surface area contributed by atoms with Gasteiger partial charge in [-0.25, -0.2) is 12.8 Å². The first-order valence-corrected chi connectivity index (χ1v) is 8.19. The van der Waals surface area contributed by atoms with E-state index in [4.69, 9.17) is 10.7 Å². The molecular weight excluding hydrogens is 293 g/mol. The van der Waals surface area contributed by atoms with Crippen LogP contribution in [0.3, 0.4) is 0 Å². The molecule has 0 aliphatic carbocycles. The Morgan fingerprint density at radius 3 is 2.63 bits per heavy atom. The molecule has 0 spiro atoms. The molecular formula is C12H15ClFNO3S. The highest BCUT2D eigenvalue weighted by molar-refractivity contribution is 8.13. The lowest BCUT2D eigenvalue weighted by Crippen LogP contribution is -2.25. The van der Waals surface area contributed by atoms with Gasteiger partial charge in [-0.15, -0.1) is 0 Å². The second kappa shape index (κ2) is 6.86. The third-order valence-corrected chi connectivity index (χ3v) is 3.88. The highest BCUT2D eigenvalue weighted by Gasteiger charge is 2.17. The number of benzene rings is 1. The maximum atomic E-state index is 13.5. The van der Waals surface area contributed by atoms with Gasteiger partial charge >= 0.3 is 0 Å². The van der Waals surface area contributed by atoms with E-state index >= 15 is 0 Å². The van der Waals surface area contributed by atoms with Crippen molar-refractivity contribution in [3.05, 3.63) is 29.6 Å². The predicted octanol–water partition coefficient (Wildman–Crippen LogP) is 2.67. The van der Waals surface area contributed by atoms with E-state index in [0.717, 1.165) is 37.5 Å². The fourth-order valence-corrected chi connectivity index (χ4v) is 2.28. The minimum atomic E-state index is -3.98. The van der Waals surface area contributed by atoms with E-state index in [9.17, 15) is 17.6 Å². The van der Waals surface area contributed by atoms with E-state index in [1.807, 2.05) is 6.92 Å². The Morgan fingerprint density at radius 2 is 2.05 bits per heavy atom. The molecule has 4 nitrogen and oxygen atoms in total.